The highest BCUT2D eigenvalue weighted by molar-refractivity contribution is 9.10. The molecule has 160 valence electrons. The van der Waals surface area contributed by atoms with Crippen LogP contribution in [0.25, 0.3) is 11.5 Å². The van der Waals surface area contributed by atoms with E-state index in [0.717, 1.165) is 49.0 Å². The molecule has 1 N–H and O–H groups in total. The molecule has 2 aromatic carbocycles. The van der Waals surface area contributed by atoms with Crippen LogP contribution in [0.15, 0.2) is 63.7 Å². The minimum atomic E-state index is -0.0978. The minimum Gasteiger partial charge on any atom is -0.428 e. The van der Waals surface area contributed by atoms with E-state index in [9.17, 15) is 9.59 Å². The number of hydrogen-bond acceptors (Lipinski definition) is 4. The number of carbonyl (C=O) groups excluding carboxylic acids is 2. The van der Waals surface area contributed by atoms with Crippen molar-refractivity contribution in [1.82, 2.24) is 15.2 Å². The predicted molar refractivity (Wildman–Crippen MR) is 121 cm³/mol. The second kappa shape index (κ2) is 9.92. The monoisotopic (exact) mass is 481 g/mol. The van der Waals surface area contributed by atoms with E-state index in [4.69, 9.17) is 4.42 Å². The van der Waals surface area contributed by atoms with E-state index in [2.05, 4.69) is 26.2 Å². The van der Waals surface area contributed by atoms with Crippen molar-refractivity contribution in [2.75, 3.05) is 13.1 Å². The fraction of sp³-hybridized carbons (Fsp3) is 0.292. The quantitative estimate of drug-likeness (QED) is 0.558. The van der Waals surface area contributed by atoms with E-state index in [-0.39, 0.29) is 11.8 Å². The van der Waals surface area contributed by atoms with Gasteiger partial charge in [-0.25, -0.2) is 4.98 Å². The van der Waals surface area contributed by atoms with Crippen LogP contribution in [0.2, 0.25) is 0 Å². The molecule has 3 aromatic rings. The molecular weight excluding hydrogens is 458 g/mol. The van der Waals surface area contributed by atoms with Crippen molar-refractivity contribution >= 4 is 27.7 Å². The van der Waals surface area contributed by atoms with Crippen LogP contribution >= 0.6 is 15.9 Å². The molecule has 2 amide bonds. The fourth-order valence-electron chi connectivity index (χ4n) is 3.61. The zero-order valence-corrected chi connectivity index (χ0v) is 18.7. The molecule has 7 heteroatoms. The molecule has 6 nitrogen and oxygen atoms in total. The summed E-state index contributed by atoms with van der Waals surface area (Å²) in [5.41, 5.74) is 3.05. The molecule has 31 heavy (non-hydrogen) atoms. The maximum atomic E-state index is 12.7. The molecule has 4 rings (SSSR count). The summed E-state index contributed by atoms with van der Waals surface area (Å²) in [7, 11) is 0. The van der Waals surface area contributed by atoms with E-state index in [0.29, 0.717) is 29.2 Å². The number of likely N-dealkylation sites (tertiary alicyclic amines) is 1. The first-order chi connectivity index (χ1) is 15.1. The fourth-order valence-corrected chi connectivity index (χ4v) is 4.02. The minimum absolute atomic E-state index is 0.0206. The van der Waals surface area contributed by atoms with Gasteiger partial charge in [-0.05, 0) is 58.5 Å². The third-order valence-electron chi connectivity index (χ3n) is 5.33. The lowest BCUT2D eigenvalue weighted by atomic mass is 10.1. The summed E-state index contributed by atoms with van der Waals surface area (Å²) in [6.07, 6.45) is 3.57. The summed E-state index contributed by atoms with van der Waals surface area (Å²) in [4.78, 5) is 31.1. The van der Waals surface area contributed by atoms with Crippen LogP contribution < -0.4 is 5.32 Å². The van der Waals surface area contributed by atoms with Crippen molar-refractivity contribution in [3.8, 4) is 11.5 Å². The number of rotatable bonds is 6. The van der Waals surface area contributed by atoms with Crippen molar-refractivity contribution in [3.05, 3.63) is 76.1 Å². The molecule has 0 unspecified atom stereocenters. The summed E-state index contributed by atoms with van der Waals surface area (Å²) in [5.74, 6) is 0.277. The number of piperidine rings is 1. The van der Waals surface area contributed by atoms with Crippen LogP contribution in [0, 0.1) is 0 Å². The van der Waals surface area contributed by atoms with Gasteiger partial charge in [0, 0.05) is 25.2 Å². The Morgan fingerprint density at radius 1 is 0.968 bits per heavy atom. The van der Waals surface area contributed by atoms with Crippen LogP contribution in [-0.2, 0) is 17.8 Å². The van der Waals surface area contributed by atoms with Crippen molar-refractivity contribution in [1.29, 1.82) is 0 Å². The Hall–Kier alpha value is -2.93. The Morgan fingerprint density at radius 3 is 2.39 bits per heavy atom. The molecule has 0 spiro atoms. The second-order valence-corrected chi connectivity index (χ2v) is 8.35. The summed E-state index contributed by atoms with van der Waals surface area (Å²) in [6, 6.07) is 17.3. The van der Waals surface area contributed by atoms with Gasteiger partial charge in [0.2, 0.25) is 16.5 Å². The van der Waals surface area contributed by atoms with Gasteiger partial charge in [0.25, 0.3) is 5.91 Å². The first-order valence-corrected chi connectivity index (χ1v) is 11.2. The van der Waals surface area contributed by atoms with E-state index >= 15 is 0 Å². The van der Waals surface area contributed by atoms with Gasteiger partial charge in [0.05, 0.1) is 6.42 Å². The number of nitrogens with one attached hydrogen (secondary N) is 1. The Kier molecular flexibility index (Phi) is 6.82. The SMILES string of the molecule is O=C(Cc1ccccc1)NCc1ccc(-c2nc(C(=O)N3CCCCC3)c(Br)o2)cc1. The molecule has 1 saturated heterocycles. The highest BCUT2D eigenvalue weighted by Gasteiger charge is 2.25. The summed E-state index contributed by atoms with van der Waals surface area (Å²) in [5, 5.41) is 2.94. The lowest BCUT2D eigenvalue weighted by Crippen LogP contribution is -2.35. The van der Waals surface area contributed by atoms with Gasteiger partial charge in [-0.1, -0.05) is 42.5 Å². The number of amides is 2. The van der Waals surface area contributed by atoms with Gasteiger partial charge in [-0.3, -0.25) is 9.59 Å². The van der Waals surface area contributed by atoms with Gasteiger partial charge in [0.15, 0.2) is 5.69 Å². The predicted octanol–water partition coefficient (Wildman–Crippen LogP) is 4.59. The highest BCUT2D eigenvalue weighted by atomic mass is 79.9. The normalized spacial score (nSPS) is 13.8. The summed E-state index contributed by atoms with van der Waals surface area (Å²) < 4.78 is 6.06. The van der Waals surface area contributed by atoms with Gasteiger partial charge in [-0.2, -0.15) is 0 Å². The average Bonchev–Trinajstić information content (AvgIpc) is 3.20. The Bertz CT molecular complexity index is 1040. The van der Waals surface area contributed by atoms with Crippen molar-refractivity contribution in [2.45, 2.75) is 32.2 Å². The van der Waals surface area contributed by atoms with Crippen molar-refractivity contribution in [3.63, 3.8) is 0 Å². The Morgan fingerprint density at radius 2 is 1.68 bits per heavy atom. The molecule has 0 atom stereocenters. The van der Waals surface area contributed by atoms with E-state index < -0.39 is 0 Å². The maximum Gasteiger partial charge on any atom is 0.277 e. The van der Waals surface area contributed by atoms with Crippen LogP contribution in [0.3, 0.4) is 0 Å². The number of halogens is 1. The maximum absolute atomic E-state index is 12.7. The topological polar surface area (TPSA) is 75.4 Å². The smallest absolute Gasteiger partial charge is 0.277 e. The third-order valence-corrected chi connectivity index (χ3v) is 5.87. The molecular formula is C24H24BrN3O3. The number of nitrogens with zero attached hydrogens (tertiary/aromatic N) is 2. The van der Waals surface area contributed by atoms with Crippen LogP contribution in [0.5, 0.6) is 0 Å². The van der Waals surface area contributed by atoms with Crippen molar-refractivity contribution in [2.24, 2.45) is 0 Å². The summed E-state index contributed by atoms with van der Waals surface area (Å²) >= 11 is 3.34. The zero-order valence-electron chi connectivity index (χ0n) is 17.1. The lowest BCUT2D eigenvalue weighted by Gasteiger charge is -2.25. The number of carbonyl (C=O) groups is 2. The van der Waals surface area contributed by atoms with Crippen LogP contribution in [0.1, 0.15) is 40.9 Å². The second-order valence-electron chi connectivity index (χ2n) is 7.63. The summed E-state index contributed by atoms with van der Waals surface area (Å²) in [6.45, 7) is 1.97. The van der Waals surface area contributed by atoms with Gasteiger partial charge in [0.1, 0.15) is 0 Å². The molecule has 0 aliphatic carbocycles. The van der Waals surface area contributed by atoms with E-state index in [1.165, 1.54) is 0 Å². The Balaban J connectivity index is 1.37. The zero-order chi connectivity index (χ0) is 21.6. The van der Waals surface area contributed by atoms with Gasteiger partial charge < -0.3 is 14.6 Å². The number of benzene rings is 2. The molecule has 1 aromatic heterocycles. The molecule has 2 heterocycles. The van der Waals surface area contributed by atoms with Crippen molar-refractivity contribution < 1.29 is 14.0 Å². The lowest BCUT2D eigenvalue weighted by molar-refractivity contribution is -0.120. The molecule has 0 saturated carbocycles. The molecule has 1 aliphatic heterocycles. The van der Waals surface area contributed by atoms with Gasteiger partial charge in [-0.15, -0.1) is 0 Å². The first kappa shape index (κ1) is 21.3. The highest BCUT2D eigenvalue weighted by Crippen LogP contribution is 2.27. The molecule has 0 bridgehead atoms. The first-order valence-electron chi connectivity index (χ1n) is 10.5. The average molecular weight is 482 g/mol. The van der Waals surface area contributed by atoms with E-state index in [1.54, 1.807) is 0 Å². The molecule has 0 radical (unpaired) electrons. The van der Waals surface area contributed by atoms with Crippen LogP contribution in [-0.4, -0.2) is 34.8 Å². The Labute approximate surface area is 189 Å². The number of hydrogen-bond donors (Lipinski definition) is 1. The molecule has 1 aliphatic rings. The third kappa shape index (κ3) is 5.41. The number of oxazole rings is 1. The largest absolute Gasteiger partial charge is 0.428 e. The number of aromatic nitrogens is 1. The van der Waals surface area contributed by atoms with Gasteiger partial charge >= 0.3 is 0 Å². The standard InChI is InChI=1S/C24H24BrN3O3/c25-22-21(24(30)28-13-5-2-6-14-28)27-23(31-22)19-11-9-18(10-12-19)16-26-20(29)15-17-7-3-1-4-8-17/h1,3-4,7-12H,2,5-6,13-16H2,(H,26,29). The van der Waals surface area contributed by atoms with E-state index in [1.807, 2.05) is 59.5 Å². The molecule has 1 fully saturated rings. The van der Waals surface area contributed by atoms with Crippen LogP contribution in [0.4, 0.5) is 0 Å².